The van der Waals surface area contributed by atoms with Crippen molar-refractivity contribution in [2.24, 2.45) is 0 Å². The van der Waals surface area contributed by atoms with E-state index in [0.29, 0.717) is 0 Å². The molecule has 1 heterocycles. The molecule has 0 spiro atoms. The number of pyridine rings is 1. The van der Waals surface area contributed by atoms with Crippen molar-refractivity contribution in [3.8, 4) is 0 Å². The molecule has 0 unspecified atom stereocenters. The lowest BCUT2D eigenvalue weighted by molar-refractivity contribution is -0.112. The fraction of sp³-hybridized carbons (Fsp3) is 0.0769. The van der Waals surface area contributed by atoms with E-state index in [1.54, 1.807) is 18.3 Å². The molecule has 2 nitrogen and oxygen atoms in total. The predicted octanol–water partition coefficient (Wildman–Crippen LogP) is 2.84. The number of hydrogen-bond donors (Lipinski definition) is 0. The molecule has 0 N–H and O–H groups in total. The monoisotopic (exact) mass is 197 g/mol. The van der Waals surface area contributed by atoms with Gasteiger partial charge in [0.2, 0.25) is 0 Å². The van der Waals surface area contributed by atoms with Crippen molar-refractivity contribution in [1.82, 2.24) is 4.98 Å². The zero-order valence-electron chi connectivity index (χ0n) is 8.47. The van der Waals surface area contributed by atoms with Crippen LogP contribution in [0.15, 0.2) is 42.7 Å². The van der Waals surface area contributed by atoms with Gasteiger partial charge in [0.25, 0.3) is 0 Å². The summed E-state index contributed by atoms with van der Waals surface area (Å²) < 4.78 is 0. The molecular weight excluding hydrogens is 186 g/mol. The molecule has 74 valence electrons. The van der Waals surface area contributed by atoms with Crippen LogP contribution in [0.25, 0.3) is 16.8 Å². The Kier molecular flexibility index (Phi) is 2.59. The fourth-order valence-corrected chi connectivity index (χ4v) is 1.48. The number of nitrogens with zero attached hydrogens (tertiary/aromatic N) is 1. The smallest absolute Gasteiger partial charge is 0.152 e. The average molecular weight is 197 g/mol. The number of aromatic nitrogens is 1. The molecule has 2 heteroatoms. The maximum absolute atomic E-state index is 10.8. The maximum Gasteiger partial charge on any atom is 0.152 e. The molecule has 0 atom stereocenters. The van der Waals surface area contributed by atoms with E-state index < -0.39 is 0 Å². The number of ketones is 1. The van der Waals surface area contributed by atoms with Gasteiger partial charge in [-0.05, 0) is 24.5 Å². The third kappa shape index (κ3) is 2.10. The first kappa shape index (κ1) is 9.59. The van der Waals surface area contributed by atoms with Crippen LogP contribution < -0.4 is 0 Å². The lowest BCUT2D eigenvalue weighted by Gasteiger charge is -2.00. The number of allylic oxidation sites excluding steroid dienone is 1. The number of carbonyl (C=O) groups excluding carboxylic acids is 1. The van der Waals surface area contributed by atoms with Gasteiger partial charge in [-0.3, -0.25) is 9.78 Å². The normalized spacial score (nSPS) is 11.0. The third-order valence-corrected chi connectivity index (χ3v) is 2.20. The molecule has 2 rings (SSSR count). The Morgan fingerprint density at radius 2 is 2.07 bits per heavy atom. The predicted molar refractivity (Wildman–Crippen MR) is 61.5 cm³/mol. The van der Waals surface area contributed by atoms with E-state index in [1.807, 2.05) is 30.5 Å². The molecule has 0 fully saturated rings. The SMILES string of the molecule is CC(=O)/C=C/c1cncc2ccccc12. The summed E-state index contributed by atoms with van der Waals surface area (Å²) in [7, 11) is 0. The van der Waals surface area contributed by atoms with Crippen molar-refractivity contribution >= 4 is 22.6 Å². The molecule has 15 heavy (non-hydrogen) atoms. The summed E-state index contributed by atoms with van der Waals surface area (Å²) in [5, 5.41) is 2.20. The van der Waals surface area contributed by atoms with E-state index in [-0.39, 0.29) is 5.78 Å². The van der Waals surface area contributed by atoms with E-state index in [4.69, 9.17) is 0 Å². The highest BCUT2D eigenvalue weighted by atomic mass is 16.1. The molecule has 0 bridgehead atoms. The summed E-state index contributed by atoms with van der Waals surface area (Å²) in [5.41, 5.74) is 0.975. The summed E-state index contributed by atoms with van der Waals surface area (Å²) in [6.45, 7) is 1.54. The van der Waals surface area contributed by atoms with E-state index in [2.05, 4.69) is 4.98 Å². The van der Waals surface area contributed by atoms with Crippen LogP contribution in [0.3, 0.4) is 0 Å². The Bertz CT molecular complexity index is 524. The van der Waals surface area contributed by atoms with Crippen LogP contribution in [0, 0.1) is 0 Å². The van der Waals surface area contributed by atoms with Gasteiger partial charge in [-0.1, -0.05) is 24.3 Å². The van der Waals surface area contributed by atoms with Gasteiger partial charge in [-0.25, -0.2) is 0 Å². The molecule has 0 radical (unpaired) electrons. The maximum atomic E-state index is 10.8. The van der Waals surface area contributed by atoms with Crippen LogP contribution >= 0.6 is 0 Å². The van der Waals surface area contributed by atoms with Gasteiger partial charge < -0.3 is 0 Å². The van der Waals surface area contributed by atoms with Crippen LogP contribution in [-0.2, 0) is 4.79 Å². The van der Waals surface area contributed by atoms with Crippen molar-refractivity contribution in [2.45, 2.75) is 6.92 Å². The van der Waals surface area contributed by atoms with Crippen molar-refractivity contribution in [3.05, 3.63) is 48.3 Å². The van der Waals surface area contributed by atoms with Gasteiger partial charge in [-0.2, -0.15) is 0 Å². The lowest BCUT2D eigenvalue weighted by Crippen LogP contribution is -1.83. The summed E-state index contributed by atoms with van der Waals surface area (Å²) in [6.07, 6.45) is 6.95. The molecule has 1 aromatic heterocycles. The molecule has 2 aromatic rings. The van der Waals surface area contributed by atoms with Crippen molar-refractivity contribution < 1.29 is 4.79 Å². The molecular formula is C13H11NO. The lowest BCUT2D eigenvalue weighted by atomic mass is 10.1. The minimum Gasteiger partial charge on any atom is -0.295 e. The Balaban J connectivity index is 2.56. The minimum absolute atomic E-state index is 0.0444. The Labute approximate surface area is 88.3 Å². The summed E-state index contributed by atoms with van der Waals surface area (Å²) in [4.78, 5) is 15.0. The van der Waals surface area contributed by atoms with E-state index in [9.17, 15) is 4.79 Å². The second kappa shape index (κ2) is 4.05. The largest absolute Gasteiger partial charge is 0.295 e. The van der Waals surface area contributed by atoms with Crippen LogP contribution in [0.2, 0.25) is 0 Å². The quantitative estimate of drug-likeness (QED) is 0.693. The Morgan fingerprint density at radius 3 is 2.87 bits per heavy atom. The van der Waals surface area contributed by atoms with Gasteiger partial charge in [0.1, 0.15) is 0 Å². The molecule has 0 saturated heterocycles. The number of carbonyl (C=O) groups is 1. The van der Waals surface area contributed by atoms with Crippen LogP contribution in [0.5, 0.6) is 0 Å². The van der Waals surface area contributed by atoms with Gasteiger partial charge in [0.15, 0.2) is 5.78 Å². The second-order valence-corrected chi connectivity index (χ2v) is 3.39. The number of fused-ring (bicyclic) bond motifs is 1. The van der Waals surface area contributed by atoms with Gasteiger partial charge >= 0.3 is 0 Å². The van der Waals surface area contributed by atoms with Crippen molar-refractivity contribution in [2.75, 3.05) is 0 Å². The van der Waals surface area contributed by atoms with Crippen molar-refractivity contribution in [3.63, 3.8) is 0 Å². The highest BCUT2D eigenvalue weighted by Gasteiger charge is 1.97. The number of hydrogen-bond acceptors (Lipinski definition) is 2. The fourth-order valence-electron chi connectivity index (χ4n) is 1.48. The highest BCUT2D eigenvalue weighted by molar-refractivity contribution is 5.96. The van der Waals surface area contributed by atoms with Gasteiger partial charge in [-0.15, -0.1) is 0 Å². The summed E-state index contributed by atoms with van der Waals surface area (Å²) >= 11 is 0. The second-order valence-electron chi connectivity index (χ2n) is 3.39. The number of rotatable bonds is 2. The molecule has 0 saturated carbocycles. The molecule has 0 aliphatic rings. The van der Waals surface area contributed by atoms with Crippen LogP contribution in [-0.4, -0.2) is 10.8 Å². The highest BCUT2D eigenvalue weighted by Crippen LogP contribution is 2.17. The van der Waals surface area contributed by atoms with Crippen LogP contribution in [0.1, 0.15) is 12.5 Å². The Morgan fingerprint density at radius 1 is 1.27 bits per heavy atom. The van der Waals surface area contributed by atoms with E-state index >= 15 is 0 Å². The zero-order chi connectivity index (χ0) is 10.7. The van der Waals surface area contributed by atoms with Crippen molar-refractivity contribution in [1.29, 1.82) is 0 Å². The first-order valence-corrected chi connectivity index (χ1v) is 4.79. The first-order valence-electron chi connectivity index (χ1n) is 4.79. The molecule has 0 amide bonds. The molecule has 1 aromatic carbocycles. The third-order valence-electron chi connectivity index (χ3n) is 2.20. The Hall–Kier alpha value is -1.96. The number of benzene rings is 1. The topological polar surface area (TPSA) is 30.0 Å². The van der Waals surface area contributed by atoms with Crippen LogP contribution in [0.4, 0.5) is 0 Å². The minimum atomic E-state index is 0.0444. The first-order chi connectivity index (χ1) is 7.27. The molecule has 0 aliphatic carbocycles. The zero-order valence-corrected chi connectivity index (χ0v) is 8.47. The average Bonchev–Trinajstić information content (AvgIpc) is 2.26. The van der Waals surface area contributed by atoms with Gasteiger partial charge in [0, 0.05) is 23.3 Å². The van der Waals surface area contributed by atoms with Gasteiger partial charge in [0.05, 0.1) is 0 Å². The summed E-state index contributed by atoms with van der Waals surface area (Å²) in [5.74, 6) is 0.0444. The summed E-state index contributed by atoms with van der Waals surface area (Å²) in [6, 6.07) is 7.99. The standard InChI is InChI=1S/C13H11NO/c1-10(15)6-7-12-9-14-8-11-4-2-3-5-13(11)12/h2-9H,1H3/b7-6+. The van der Waals surface area contributed by atoms with E-state index in [1.165, 1.54) is 6.92 Å². The van der Waals surface area contributed by atoms with E-state index in [0.717, 1.165) is 16.3 Å². The molecule has 0 aliphatic heterocycles.